The smallest absolute Gasteiger partial charge is 0.264 e. The van der Waals surface area contributed by atoms with Crippen LogP contribution in [0.4, 0.5) is 5.69 Å². The van der Waals surface area contributed by atoms with E-state index in [2.05, 4.69) is 21.2 Å². The highest BCUT2D eigenvalue weighted by molar-refractivity contribution is 9.10. The standard InChI is InChI=1S/C29H33BrClN3O4S/c1-20-13-15-24(16-14-20)39(37,38)34(26-12-7-6-11-25(26)31)19-27(35)33(18-22-9-8-10-23(30)17-22)21(2)28(36)32-29(3,4)5/h6-17,21H,18-19H2,1-5H3,(H,32,36). The average molecular weight is 635 g/mol. The number of carbonyl (C=O) groups is 2. The molecular weight excluding hydrogens is 602 g/mol. The van der Waals surface area contributed by atoms with Crippen LogP contribution in [0.1, 0.15) is 38.8 Å². The van der Waals surface area contributed by atoms with Gasteiger partial charge >= 0.3 is 0 Å². The summed E-state index contributed by atoms with van der Waals surface area (Å²) in [6, 6.07) is 19.3. The van der Waals surface area contributed by atoms with Gasteiger partial charge in [0.2, 0.25) is 11.8 Å². The molecule has 1 unspecified atom stereocenters. The van der Waals surface area contributed by atoms with Gasteiger partial charge in [-0.25, -0.2) is 8.42 Å². The average Bonchev–Trinajstić information content (AvgIpc) is 2.85. The molecule has 0 aromatic heterocycles. The summed E-state index contributed by atoms with van der Waals surface area (Å²) in [5.74, 6) is -0.904. The quantitative estimate of drug-likeness (QED) is 0.316. The van der Waals surface area contributed by atoms with Gasteiger partial charge < -0.3 is 10.2 Å². The topological polar surface area (TPSA) is 86.8 Å². The summed E-state index contributed by atoms with van der Waals surface area (Å²) in [4.78, 5) is 28.5. The molecule has 208 valence electrons. The lowest BCUT2D eigenvalue weighted by molar-refractivity contribution is -0.140. The van der Waals surface area contributed by atoms with Gasteiger partial charge in [0.05, 0.1) is 15.6 Å². The van der Waals surface area contributed by atoms with Crippen molar-refractivity contribution in [3.8, 4) is 0 Å². The molecule has 0 aliphatic carbocycles. The molecule has 2 amide bonds. The second kappa shape index (κ2) is 12.5. The maximum Gasteiger partial charge on any atom is 0.264 e. The minimum Gasteiger partial charge on any atom is -0.350 e. The van der Waals surface area contributed by atoms with E-state index < -0.39 is 34.1 Å². The van der Waals surface area contributed by atoms with E-state index in [0.29, 0.717) is 0 Å². The summed E-state index contributed by atoms with van der Waals surface area (Å²) in [6.45, 7) is 8.59. The van der Waals surface area contributed by atoms with Crippen LogP contribution in [-0.4, -0.2) is 43.3 Å². The molecule has 0 spiro atoms. The van der Waals surface area contributed by atoms with Crippen molar-refractivity contribution in [1.82, 2.24) is 10.2 Å². The molecule has 3 rings (SSSR count). The number of amides is 2. The van der Waals surface area contributed by atoms with Crippen molar-refractivity contribution in [3.63, 3.8) is 0 Å². The first-order valence-corrected chi connectivity index (χ1v) is 15.0. The Balaban J connectivity index is 2.05. The largest absolute Gasteiger partial charge is 0.350 e. The predicted octanol–water partition coefficient (Wildman–Crippen LogP) is 5.94. The van der Waals surface area contributed by atoms with Gasteiger partial charge in [-0.05, 0) is 76.6 Å². The van der Waals surface area contributed by atoms with Crippen LogP contribution in [0.5, 0.6) is 0 Å². The van der Waals surface area contributed by atoms with Crippen molar-refractivity contribution >= 4 is 55.1 Å². The Morgan fingerprint density at radius 2 is 1.64 bits per heavy atom. The van der Waals surface area contributed by atoms with E-state index in [0.717, 1.165) is 19.9 Å². The zero-order chi connectivity index (χ0) is 29.0. The van der Waals surface area contributed by atoms with Crippen LogP contribution in [0, 0.1) is 6.92 Å². The van der Waals surface area contributed by atoms with E-state index in [9.17, 15) is 18.0 Å². The van der Waals surface area contributed by atoms with E-state index >= 15 is 0 Å². The highest BCUT2D eigenvalue weighted by atomic mass is 79.9. The number of hydrogen-bond donors (Lipinski definition) is 1. The molecule has 0 saturated carbocycles. The second-order valence-electron chi connectivity index (χ2n) is 10.3. The fourth-order valence-electron chi connectivity index (χ4n) is 3.89. The van der Waals surface area contributed by atoms with Gasteiger partial charge in [-0.1, -0.05) is 69.5 Å². The zero-order valence-corrected chi connectivity index (χ0v) is 25.8. The van der Waals surface area contributed by atoms with Crippen LogP contribution in [0.25, 0.3) is 0 Å². The fourth-order valence-corrected chi connectivity index (χ4v) is 6.06. The Kier molecular flexibility index (Phi) is 9.85. The molecule has 0 aliphatic heterocycles. The van der Waals surface area contributed by atoms with Crippen molar-refractivity contribution in [2.75, 3.05) is 10.8 Å². The molecule has 7 nitrogen and oxygen atoms in total. The van der Waals surface area contributed by atoms with Gasteiger partial charge in [0, 0.05) is 16.6 Å². The van der Waals surface area contributed by atoms with E-state index in [1.165, 1.54) is 17.0 Å². The van der Waals surface area contributed by atoms with E-state index in [1.54, 1.807) is 43.3 Å². The molecule has 10 heteroatoms. The molecule has 1 atom stereocenters. The molecule has 1 N–H and O–H groups in total. The van der Waals surface area contributed by atoms with Gasteiger partial charge in [-0.3, -0.25) is 13.9 Å². The maximum absolute atomic E-state index is 14.0. The van der Waals surface area contributed by atoms with Crippen LogP contribution >= 0.6 is 27.5 Å². The Labute approximate surface area is 244 Å². The molecular formula is C29H33BrClN3O4S. The van der Waals surface area contributed by atoms with Crippen molar-refractivity contribution in [2.45, 2.75) is 57.6 Å². The van der Waals surface area contributed by atoms with Crippen LogP contribution in [-0.2, 0) is 26.2 Å². The van der Waals surface area contributed by atoms with E-state index in [-0.39, 0.29) is 28.1 Å². The summed E-state index contributed by atoms with van der Waals surface area (Å²) >= 11 is 9.88. The van der Waals surface area contributed by atoms with Crippen molar-refractivity contribution in [2.24, 2.45) is 0 Å². The number of rotatable bonds is 9. The summed E-state index contributed by atoms with van der Waals surface area (Å²) in [5, 5.41) is 3.09. The van der Waals surface area contributed by atoms with Crippen LogP contribution < -0.4 is 9.62 Å². The number of halogens is 2. The normalized spacial score (nSPS) is 12.5. The third-order valence-electron chi connectivity index (χ3n) is 5.92. The molecule has 0 bridgehead atoms. The van der Waals surface area contributed by atoms with Gasteiger partial charge in [0.1, 0.15) is 12.6 Å². The van der Waals surface area contributed by atoms with Gasteiger partial charge in [-0.15, -0.1) is 0 Å². The lowest BCUT2D eigenvalue weighted by Crippen LogP contribution is -2.54. The van der Waals surface area contributed by atoms with Crippen LogP contribution in [0.15, 0.2) is 82.2 Å². The highest BCUT2D eigenvalue weighted by Gasteiger charge is 2.34. The molecule has 0 aliphatic rings. The van der Waals surface area contributed by atoms with Gasteiger partial charge in [-0.2, -0.15) is 0 Å². The third-order valence-corrected chi connectivity index (χ3v) is 8.50. The minimum absolute atomic E-state index is 0.0258. The van der Waals surface area contributed by atoms with Crippen LogP contribution in [0.3, 0.4) is 0 Å². The molecule has 0 fully saturated rings. The van der Waals surface area contributed by atoms with Crippen molar-refractivity contribution in [1.29, 1.82) is 0 Å². The third kappa shape index (κ3) is 8.06. The van der Waals surface area contributed by atoms with E-state index in [4.69, 9.17) is 11.6 Å². The zero-order valence-electron chi connectivity index (χ0n) is 22.6. The van der Waals surface area contributed by atoms with E-state index in [1.807, 2.05) is 52.0 Å². The summed E-state index contributed by atoms with van der Waals surface area (Å²) in [5.41, 5.74) is 1.32. The number of hydrogen-bond acceptors (Lipinski definition) is 4. The Morgan fingerprint density at radius 1 is 1.00 bits per heavy atom. The predicted molar refractivity (Wildman–Crippen MR) is 159 cm³/mol. The molecule has 39 heavy (non-hydrogen) atoms. The fraction of sp³-hybridized carbons (Fsp3) is 0.310. The second-order valence-corrected chi connectivity index (χ2v) is 13.5. The van der Waals surface area contributed by atoms with Crippen molar-refractivity contribution in [3.05, 3.63) is 93.4 Å². The lowest BCUT2D eigenvalue weighted by Gasteiger charge is -2.33. The molecule has 3 aromatic rings. The lowest BCUT2D eigenvalue weighted by atomic mass is 10.1. The van der Waals surface area contributed by atoms with Gasteiger partial charge in [0.15, 0.2) is 0 Å². The first-order valence-electron chi connectivity index (χ1n) is 12.4. The first-order chi connectivity index (χ1) is 18.2. The van der Waals surface area contributed by atoms with Crippen molar-refractivity contribution < 1.29 is 18.0 Å². The highest BCUT2D eigenvalue weighted by Crippen LogP contribution is 2.31. The Hall–Kier alpha value is -2.88. The number of para-hydroxylation sites is 1. The summed E-state index contributed by atoms with van der Waals surface area (Å²) < 4.78 is 29.5. The Bertz CT molecular complexity index is 1440. The minimum atomic E-state index is -4.18. The summed E-state index contributed by atoms with van der Waals surface area (Å²) in [6.07, 6.45) is 0. The molecule has 3 aromatic carbocycles. The number of carbonyl (C=O) groups excluding carboxylic acids is 2. The molecule has 0 saturated heterocycles. The van der Waals surface area contributed by atoms with Crippen LogP contribution in [0.2, 0.25) is 5.02 Å². The number of anilines is 1. The SMILES string of the molecule is Cc1ccc(S(=O)(=O)N(CC(=O)N(Cc2cccc(Br)c2)C(C)C(=O)NC(C)(C)C)c2ccccc2Cl)cc1. The molecule has 0 heterocycles. The number of benzene rings is 3. The number of sulfonamides is 1. The Morgan fingerprint density at radius 3 is 2.23 bits per heavy atom. The first kappa shape index (κ1) is 30.7. The number of nitrogens with zero attached hydrogens (tertiary/aromatic N) is 2. The van der Waals surface area contributed by atoms with Gasteiger partial charge in [0.25, 0.3) is 10.0 Å². The summed E-state index contributed by atoms with van der Waals surface area (Å²) in [7, 11) is -4.18. The maximum atomic E-state index is 14.0. The number of aryl methyl sites for hydroxylation is 1. The molecule has 0 radical (unpaired) electrons. The monoisotopic (exact) mass is 633 g/mol. The number of nitrogens with one attached hydrogen (secondary N) is 1.